The highest BCUT2D eigenvalue weighted by Crippen LogP contribution is 2.26. The Bertz CT molecular complexity index is 718. The molecule has 0 spiro atoms. The minimum absolute atomic E-state index is 0.0638. The number of carboxylic acid groups (broad SMARTS) is 1. The molecule has 0 radical (unpaired) electrons. The number of nitrogens with one attached hydrogen (secondary N) is 1. The Kier molecular flexibility index (Phi) is 4.89. The zero-order valence-electron chi connectivity index (χ0n) is 11.9. The van der Waals surface area contributed by atoms with E-state index in [1.807, 2.05) is 0 Å². The lowest BCUT2D eigenvalue weighted by Crippen LogP contribution is -2.24. The molecule has 1 aromatic heterocycles. The molecule has 1 aromatic carbocycles. The lowest BCUT2D eigenvalue weighted by Gasteiger charge is -2.15. The molecule has 2 rings (SSSR count). The van der Waals surface area contributed by atoms with E-state index in [0.29, 0.717) is 0 Å². The fourth-order valence-corrected chi connectivity index (χ4v) is 1.79. The van der Waals surface area contributed by atoms with Crippen molar-refractivity contribution in [1.82, 2.24) is 9.78 Å². The first-order valence-corrected chi connectivity index (χ1v) is 6.50. The molecular weight excluding hydrogens is 312 g/mol. The van der Waals surface area contributed by atoms with Gasteiger partial charge in [-0.2, -0.15) is 13.9 Å². The topological polar surface area (TPSA) is 93.5 Å². The number of anilines is 1. The summed E-state index contributed by atoms with van der Waals surface area (Å²) in [7, 11) is 0. The maximum absolute atomic E-state index is 12.3. The van der Waals surface area contributed by atoms with Gasteiger partial charge in [0, 0.05) is 6.20 Å². The van der Waals surface area contributed by atoms with Gasteiger partial charge in [0.15, 0.2) is 0 Å². The quantitative estimate of drug-likeness (QED) is 0.850. The molecule has 2 N–H and O–H groups in total. The van der Waals surface area contributed by atoms with E-state index in [-0.39, 0.29) is 17.0 Å². The van der Waals surface area contributed by atoms with Gasteiger partial charge in [0.1, 0.15) is 11.8 Å². The molecule has 0 fully saturated rings. The van der Waals surface area contributed by atoms with E-state index in [0.717, 1.165) is 10.9 Å². The highest BCUT2D eigenvalue weighted by Gasteiger charge is 2.19. The van der Waals surface area contributed by atoms with Crippen molar-refractivity contribution in [3.05, 3.63) is 42.2 Å². The van der Waals surface area contributed by atoms with Crippen molar-refractivity contribution >= 4 is 17.6 Å². The summed E-state index contributed by atoms with van der Waals surface area (Å²) in [6.45, 7) is -1.53. The molecule has 9 heteroatoms. The van der Waals surface area contributed by atoms with Crippen LogP contribution in [0, 0.1) is 0 Å². The summed E-state index contributed by atoms with van der Waals surface area (Å²) >= 11 is 0. The number of hydrogen-bond donors (Lipinski definition) is 2. The first-order valence-electron chi connectivity index (χ1n) is 6.50. The van der Waals surface area contributed by atoms with Gasteiger partial charge in [-0.1, -0.05) is 12.1 Å². The smallest absolute Gasteiger partial charge is 0.387 e. The summed E-state index contributed by atoms with van der Waals surface area (Å²) in [4.78, 5) is 23.0. The minimum Gasteiger partial charge on any atom is -0.478 e. The molecule has 7 nitrogen and oxygen atoms in total. The summed E-state index contributed by atoms with van der Waals surface area (Å²) in [6, 6.07) is 4.90. The van der Waals surface area contributed by atoms with Gasteiger partial charge < -0.3 is 15.2 Å². The number of benzene rings is 1. The third-order valence-corrected chi connectivity index (χ3v) is 2.99. The van der Waals surface area contributed by atoms with Gasteiger partial charge in [0.2, 0.25) is 5.91 Å². The first-order chi connectivity index (χ1) is 10.9. The first kappa shape index (κ1) is 16.4. The molecule has 1 atom stereocenters. The molecule has 0 saturated heterocycles. The summed E-state index contributed by atoms with van der Waals surface area (Å²) < 4.78 is 30.2. The van der Waals surface area contributed by atoms with Crippen LogP contribution in [-0.4, -0.2) is 33.4 Å². The fourth-order valence-electron chi connectivity index (χ4n) is 1.79. The van der Waals surface area contributed by atoms with Crippen molar-refractivity contribution in [2.24, 2.45) is 0 Å². The molecule has 0 saturated carbocycles. The number of hydrogen-bond acceptors (Lipinski definition) is 4. The second-order valence-electron chi connectivity index (χ2n) is 4.55. The standard InChI is InChI=1S/C14H13F2N3O4/c1-8(19-7-9(6-17-19)13(21)22)12(20)18-10-4-2-3-5-11(10)23-14(15)16/h2-8,14H,1H3,(H,18,20)(H,21,22). The normalized spacial score (nSPS) is 12.0. The van der Waals surface area contributed by atoms with Crippen molar-refractivity contribution in [2.45, 2.75) is 19.6 Å². The van der Waals surface area contributed by atoms with E-state index in [1.54, 1.807) is 6.07 Å². The number of ether oxygens (including phenoxy) is 1. The zero-order chi connectivity index (χ0) is 17.0. The van der Waals surface area contributed by atoms with Gasteiger partial charge in [-0.05, 0) is 19.1 Å². The number of aromatic nitrogens is 2. The Hall–Kier alpha value is -2.97. The Labute approximate surface area is 129 Å². The number of carbonyl (C=O) groups is 2. The van der Waals surface area contributed by atoms with Crippen LogP contribution in [0.25, 0.3) is 0 Å². The van der Waals surface area contributed by atoms with E-state index >= 15 is 0 Å². The monoisotopic (exact) mass is 325 g/mol. The van der Waals surface area contributed by atoms with Crippen LogP contribution in [0.3, 0.4) is 0 Å². The summed E-state index contributed by atoms with van der Waals surface area (Å²) in [6.07, 6.45) is 2.31. The van der Waals surface area contributed by atoms with Crippen LogP contribution in [0.5, 0.6) is 5.75 Å². The molecule has 0 aliphatic heterocycles. The number of rotatable bonds is 6. The summed E-state index contributed by atoms with van der Waals surface area (Å²) in [5.74, 6) is -1.90. The van der Waals surface area contributed by atoms with Crippen LogP contribution in [0.4, 0.5) is 14.5 Å². The van der Waals surface area contributed by atoms with Gasteiger partial charge >= 0.3 is 12.6 Å². The third kappa shape index (κ3) is 4.02. The molecule has 0 bridgehead atoms. The maximum Gasteiger partial charge on any atom is 0.387 e. The van der Waals surface area contributed by atoms with Gasteiger partial charge in [0.05, 0.1) is 17.4 Å². The van der Waals surface area contributed by atoms with Crippen LogP contribution >= 0.6 is 0 Å². The second kappa shape index (κ2) is 6.86. The Morgan fingerprint density at radius 1 is 1.35 bits per heavy atom. The lowest BCUT2D eigenvalue weighted by atomic mass is 10.2. The van der Waals surface area contributed by atoms with Gasteiger partial charge in [-0.15, -0.1) is 0 Å². The van der Waals surface area contributed by atoms with Crippen molar-refractivity contribution < 1.29 is 28.2 Å². The average Bonchev–Trinajstić information content (AvgIpc) is 2.98. The van der Waals surface area contributed by atoms with Crippen LogP contribution < -0.4 is 10.1 Å². The van der Waals surface area contributed by atoms with Crippen LogP contribution in [0.15, 0.2) is 36.7 Å². The number of alkyl halides is 2. The van der Waals surface area contributed by atoms with Crippen molar-refractivity contribution in [3.63, 3.8) is 0 Å². The molecular formula is C14H13F2N3O4. The SMILES string of the molecule is CC(C(=O)Nc1ccccc1OC(F)F)n1cc(C(=O)O)cn1. The highest BCUT2D eigenvalue weighted by molar-refractivity contribution is 5.95. The summed E-state index contributed by atoms with van der Waals surface area (Å²) in [5, 5.41) is 15.1. The van der Waals surface area contributed by atoms with E-state index in [1.165, 1.54) is 31.3 Å². The molecule has 122 valence electrons. The molecule has 0 aliphatic carbocycles. The number of carboxylic acids is 1. The highest BCUT2D eigenvalue weighted by atomic mass is 19.3. The molecule has 1 amide bonds. The summed E-state index contributed by atoms with van der Waals surface area (Å²) in [5.41, 5.74) is 0.0151. The van der Waals surface area contributed by atoms with Crippen LogP contribution in [-0.2, 0) is 4.79 Å². The number of carbonyl (C=O) groups excluding carboxylic acids is 1. The molecule has 2 aromatic rings. The van der Waals surface area contributed by atoms with Crippen molar-refractivity contribution in [2.75, 3.05) is 5.32 Å². The van der Waals surface area contributed by atoms with Gasteiger partial charge in [-0.25, -0.2) is 4.79 Å². The Morgan fingerprint density at radius 2 is 2.04 bits per heavy atom. The number of aromatic carboxylic acids is 1. The molecule has 1 heterocycles. The zero-order valence-corrected chi connectivity index (χ0v) is 11.9. The van der Waals surface area contributed by atoms with Gasteiger partial charge in [-0.3, -0.25) is 9.48 Å². The average molecular weight is 325 g/mol. The number of amides is 1. The molecule has 1 unspecified atom stereocenters. The predicted molar refractivity (Wildman–Crippen MR) is 75.6 cm³/mol. The molecule has 0 aliphatic rings. The van der Waals surface area contributed by atoms with Crippen LogP contribution in [0.1, 0.15) is 23.3 Å². The van der Waals surface area contributed by atoms with Crippen LogP contribution in [0.2, 0.25) is 0 Å². The molecule has 23 heavy (non-hydrogen) atoms. The van der Waals surface area contributed by atoms with E-state index < -0.39 is 24.5 Å². The van der Waals surface area contributed by atoms with E-state index in [2.05, 4.69) is 15.2 Å². The van der Waals surface area contributed by atoms with Gasteiger partial charge in [0.25, 0.3) is 0 Å². The Balaban J connectivity index is 2.13. The number of nitrogens with zero attached hydrogens (tertiary/aromatic N) is 2. The fraction of sp³-hybridized carbons (Fsp3) is 0.214. The van der Waals surface area contributed by atoms with Crippen molar-refractivity contribution in [3.8, 4) is 5.75 Å². The third-order valence-electron chi connectivity index (χ3n) is 2.99. The maximum atomic E-state index is 12.3. The largest absolute Gasteiger partial charge is 0.478 e. The lowest BCUT2D eigenvalue weighted by molar-refractivity contribution is -0.119. The van der Waals surface area contributed by atoms with E-state index in [4.69, 9.17) is 5.11 Å². The van der Waals surface area contributed by atoms with E-state index in [9.17, 15) is 18.4 Å². The Morgan fingerprint density at radius 3 is 2.65 bits per heavy atom. The number of para-hydroxylation sites is 2. The van der Waals surface area contributed by atoms with Crippen molar-refractivity contribution in [1.29, 1.82) is 0 Å². The second-order valence-corrected chi connectivity index (χ2v) is 4.55. The number of halogens is 2. The predicted octanol–water partition coefficient (Wildman–Crippen LogP) is 2.38. The minimum atomic E-state index is -3.02.